The van der Waals surface area contributed by atoms with E-state index < -0.39 is 0 Å². The van der Waals surface area contributed by atoms with Crippen molar-refractivity contribution in [2.45, 2.75) is 38.3 Å². The molecule has 5 nitrogen and oxygen atoms in total. The van der Waals surface area contributed by atoms with Crippen LogP contribution in [0.5, 0.6) is 5.75 Å². The summed E-state index contributed by atoms with van der Waals surface area (Å²) in [5.74, 6) is 1.61. The molecule has 1 fully saturated rings. The van der Waals surface area contributed by atoms with Crippen molar-refractivity contribution in [3.05, 3.63) is 70.3 Å². The second kappa shape index (κ2) is 7.92. The maximum absolute atomic E-state index is 12.4. The van der Waals surface area contributed by atoms with Crippen molar-refractivity contribution in [2.24, 2.45) is 0 Å². The van der Waals surface area contributed by atoms with Gasteiger partial charge in [-0.15, -0.1) is 0 Å². The van der Waals surface area contributed by atoms with E-state index in [0.29, 0.717) is 18.0 Å². The molecule has 1 aromatic heterocycles. The molecule has 0 aliphatic carbocycles. The fourth-order valence-corrected chi connectivity index (χ4v) is 3.96. The van der Waals surface area contributed by atoms with Crippen molar-refractivity contribution < 1.29 is 4.74 Å². The molecule has 1 N–H and O–H groups in total. The molecule has 1 aliphatic rings. The summed E-state index contributed by atoms with van der Waals surface area (Å²) in [5, 5.41) is 0.642. The molecule has 3 aromatic rings. The first-order valence-corrected chi connectivity index (χ1v) is 9.60. The largest absolute Gasteiger partial charge is 0.497 e. The molecule has 140 valence electrons. The van der Waals surface area contributed by atoms with Gasteiger partial charge >= 0.3 is 0 Å². The van der Waals surface area contributed by atoms with Crippen LogP contribution in [0.3, 0.4) is 0 Å². The number of hydrogen-bond donors (Lipinski definition) is 1. The minimum Gasteiger partial charge on any atom is -0.497 e. The lowest BCUT2D eigenvalue weighted by atomic mass is 10.0. The molecule has 5 heteroatoms. The van der Waals surface area contributed by atoms with Gasteiger partial charge in [-0.05, 0) is 49.2 Å². The average Bonchev–Trinajstić information content (AvgIpc) is 2.93. The van der Waals surface area contributed by atoms with Gasteiger partial charge < -0.3 is 9.72 Å². The maximum Gasteiger partial charge on any atom is 0.258 e. The number of nitrogens with one attached hydrogen (secondary N) is 1. The summed E-state index contributed by atoms with van der Waals surface area (Å²) in [6.45, 7) is 1.66. The van der Waals surface area contributed by atoms with Crippen LogP contribution in [-0.2, 0) is 6.54 Å². The SMILES string of the molecule is COc1ccc([C@H]2CCCCCN2Cc2nc3ccccc3c(=O)[nH]2)cc1. The maximum atomic E-state index is 12.4. The van der Waals surface area contributed by atoms with E-state index in [1.165, 1.54) is 24.8 Å². The Kier molecular flexibility index (Phi) is 5.21. The third-order valence-electron chi connectivity index (χ3n) is 5.38. The highest BCUT2D eigenvalue weighted by Gasteiger charge is 2.23. The Balaban J connectivity index is 1.63. The van der Waals surface area contributed by atoms with E-state index in [9.17, 15) is 4.79 Å². The van der Waals surface area contributed by atoms with Crippen molar-refractivity contribution in [1.29, 1.82) is 0 Å². The van der Waals surface area contributed by atoms with Gasteiger partial charge in [-0.3, -0.25) is 9.69 Å². The third kappa shape index (κ3) is 3.88. The summed E-state index contributed by atoms with van der Waals surface area (Å²) in [6, 6.07) is 16.2. The lowest BCUT2D eigenvalue weighted by Crippen LogP contribution is -2.30. The van der Waals surface area contributed by atoms with Gasteiger partial charge in [-0.2, -0.15) is 0 Å². The molecule has 27 heavy (non-hydrogen) atoms. The molecular formula is C22H25N3O2. The number of fused-ring (bicyclic) bond motifs is 1. The lowest BCUT2D eigenvalue weighted by Gasteiger charge is -2.30. The van der Waals surface area contributed by atoms with Crippen LogP contribution >= 0.6 is 0 Å². The van der Waals surface area contributed by atoms with E-state index in [2.05, 4.69) is 22.0 Å². The van der Waals surface area contributed by atoms with E-state index in [0.717, 1.165) is 30.1 Å². The number of aromatic amines is 1. The van der Waals surface area contributed by atoms with Crippen molar-refractivity contribution in [3.63, 3.8) is 0 Å². The fourth-order valence-electron chi connectivity index (χ4n) is 3.96. The van der Waals surface area contributed by atoms with Gasteiger partial charge in [0.15, 0.2) is 0 Å². The Morgan fingerprint density at radius 3 is 2.74 bits per heavy atom. The summed E-state index contributed by atoms with van der Waals surface area (Å²) in [4.78, 5) is 22.5. The number of hydrogen-bond acceptors (Lipinski definition) is 4. The molecule has 0 amide bonds. The molecule has 1 saturated heterocycles. The van der Waals surface area contributed by atoms with Gasteiger partial charge in [0.05, 0.1) is 24.6 Å². The number of methoxy groups -OCH3 is 1. The number of ether oxygens (including phenoxy) is 1. The molecule has 2 aromatic carbocycles. The standard InChI is InChI=1S/C22H25N3O2/c1-27-17-12-10-16(11-13-17)20-9-3-2-6-14-25(20)15-21-23-19-8-5-4-7-18(19)22(26)24-21/h4-5,7-8,10-13,20H,2-3,6,9,14-15H2,1H3,(H,23,24,26)/t20-/m1/s1. The zero-order valence-corrected chi connectivity index (χ0v) is 15.6. The summed E-state index contributed by atoms with van der Waals surface area (Å²) in [6.07, 6.45) is 4.74. The Morgan fingerprint density at radius 1 is 1.11 bits per heavy atom. The van der Waals surface area contributed by atoms with Gasteiger partial charge in [-0.25, -0.2) is 4.98 Å². The minimum absolute atomic E-state index is 0.0635. The number of nitrogens with zero attached hydrogens (tertiary/aromatic N) is 2. The van der Waals surface area contributed by atoms with Crippen molar-refractivity contribution in [2.75, 3.05) is 13.7 Å². The van der Waals surface area contributed by atoms with Crippen LogP contribution in [0.4, 0.5) is 0 Å². The van der Waals surface area contributed by atoms with E-state index in [4.69, 9.17) is 9.72 Å². The van der Waals surface area contributed by atoms with Crippen molar-refractivity contribution in [3.8, 4) is 5.75 Å². The molecule has 0 bridgehead atoms. The van der Waals surface area contributed by atoms with Crippen LogP contribution in [0, 0.1) is 0 Å². The first-order chi connectivity index (χ1) is 13.2. The van der Waals surface area contributed by atoms with E-state index in [-0.39, 0.29) is 5.56 Å². The molecule has 4 rings (SSSR count). The average molecular weight is 363 g/mol. The highest BCUT2D eigenvalue weighted by atomic mass is 16.5. The van der Waals surface area contributed by atoms with Crippen LogP contribution in [0.25, 0.3) is 10.9 Å². The molecule has 0 radical (unpaired) electrons. The van der Waals surface area contributed by atoms with Crippen molar-refractivity contribution >= 4 is 10.9 Å². The number of likely N-dealkylation sites (tertiary alicyclic amines) is 1. The van der Waals surface area contributed by atoms with Crippen molar-refractivity contribution in [1.82, 2.24) is 14.9 Å². The van der Waals surface area contributed by atoms with Crippen LogP contribution in [0.2, 0.25) is 0 Å². The Bertz CT molecular complexity index is 965. The summed E-state index contributed by atoms with van der Waals surface area (Å²) < 4.78 is 5.29. The van der Waals surface area contributed by atoms with Crippen LogP contribution in [0.1, 0.15) is 43.1 Å². The first kappa shape index (κ1) is 17.7. The quantitative estimate of drug-likeness (QED) is 0.760. The number of rotatable bonds is 4. The summed E-state index contributed by atoms with van der Waals surface area (Å²) >= 11 is 0. The minimum atomic E-state index is -0.0635. The molecular weight excluding hydrogens is 338 g/mol. The molecule has 0 spiro atoms. The molecule has 1 aliphatic heterocycles. The number of para-hydroxylation sites is 1. The van der Waals surface area contributed by atoms with Gasteiger partial charge in [-0.1, -0.05) is 37.1 Å². The van der Waals surface area contributed by atoms with Crippen LogP contribution in [-0.4, -0.2) is 28.5 Å². The van der Waals surface area contributed by atoms with E-state index in [1.54, 1.807) is 7.11 Å². The first-order valence-electron chi connectivity index (χ1n) is 9.60. The second-order valence-corrected chi connectivity index (χ2v) is 7.14. The highest BCUT2D eigenvalue weighted by Crippen LogP contribution is 2.32. The highest BCUT2D eigenvalue weighted by molar-refractivity contribution is 5.77. The Labute approximate surface area is 159 Å². The summed E-state index contributed by atoms with van der Waals surface area (Å²) in [7, 11) is 1.69. The molecule has 1 atom stereocenters. The van der Waals surface area contributed by atoms with Crippen LogP contribution < -0.4 is 10.3 Å². The fraction of sp³-hybridized carbons (Fsp3) is 0.364. The topological polar surface area (TPSA) is 58.2 Å². The summed E-state index contributed by atoms with van der Waals surface area (Å²) in [5.41, 5.74) is 1.99. The molecule has 0 unspecified atom stereocenters. The monoisotopic (exact) mass is 363 g/mol. The molecule has 2 heterocycles. The zero-order valence-electron chi connectivity index (χ0n) is 15.6. The number of H-pyrrole nitrogens is 1. The molecule has 0 saturated carbocycles. The smallest absolute Gasteiger partial charge is 0.258 e. The van der Waals surface area contributed by atoms with Gasteiger partial charge in [0.25, 0.3) is 5.56 Å². The third-order valence-corrected chi connectivity index (χ3v) is 5.38. The Morgan fingerprint density at radius 2 is 1.93 bits per heavy atom. The van der Waals surface area contributed by atoms with Gasteiger partial charge in [0.1, 0.15) is 11.6 Å². The number of aromatic nitrogens is 2. The van der Waals surface area contributed by atoms with E-state index in [1.807, 2.05) is 36.4 Å². The van der Waals surface area contributed by atoms with Gasteiger partial charge in [0, 0.05) is 6.04 Å². The lowest BCUT2D eigenvalue weighted by molar-refractivity contribution is 0.187. The Hall–Kier alpha value is -2.66. The van der Waals surface area contributed by atoms with Gasteiger partial charge in [0.2, 0.25) is 0 Å². The predicted octanol–water partition coefficient (Wildman–Crippen LogP) is 4.05. The normalized spacial score (nSPS) is 18.3. The second-order valence-electron chi connectivity index (χ2n) is 7.14. The zero-order chi connectivity index (χ0) is 18.6. The van der Waals surface area contributed by atoms with E-state index >= 15 is 0 Å². The predicted molar refractivity (Wildman–Crippen MR) is 107 cm³/mol. The van der Waals surface area contributed by atoms with Crippen LogP contribution in [0.15, 0.2) is 53.3 Å². The number of benzene rings is 2.